The Morgan fingerprint density at radius 3 is 2.42 bits per heavy atom. The van der Waals surface area contributed by atoms with E-state index in [1.165, 1.54) is 31.2 Å². The van der Waals surface area contributed by atoms with Crippen LogP contribution in [0.1, 0.15) is 37.8 Å². The number of fused-ring (bicyclic) bond motifs is 1. The predicted octanol–water partition coefficient (Wildman–Crippen LogP) is 2.47. The Balaban J connectivity index is 1.52. The van der Waals surface area contributed by atoms with Crippen LogP contribution in [0.5, 0.6) is 0 Å². The molecule has 2 aromatic rings. The molecule has 0 radical (unpaired) electrons. The minimum absolute atomic E-state index is 0.114. The summed E-state index contributed by atoms with van der Waals surface area (Å²) in [5.74, 6) is -1.09. The van der Waals surface area contributed by atoms with Gasteiger partial charge in [0.25, 0.3) is 0 Å². The molecule has 0 spiro atoms. The highest BCUT2D eigenvalue weighted by molar-refractivity contribution is 7.91. The Bertz CT molecular complexity index is 1230. The minimum atomic E-state index is -3.59. The van der Waals surface area contributed by atoms with Crippen LogP contribution in [0.4, 0.5) is 10.5 Å². The van der Waals surface area contributed by atoms with Gasteiger partial charge in [-0.15, -0.1) is 0 Å². The maximum absolute atomic E-state index is 12.9. The van der Waals surface area contributed by atoms with Crippen molar-refractivity contribution in [2.75, 3.05) is 31.2 Å². The standard InChI is InChI=1S/C27H37N3O7S/c1-18(17-38(34,35)24-8-6-23(28)7-9-24)16-29-26(19(2)31,30-25(32)33)15-20-4-3-5-22(14-20)27-21(10-12-36-27)11-13-37-27/h3-9,14,18-19,21,29-31H,10-13,15-17,28H2,1-2H3,(H,32,33)/t18?,19-,21?,26+,27?/m1/s1. The van der Waals surface area contributed by atoms with Crippen molar-refractivity contribution in [3.05, 3.63) is 59.7 Å². The Kier molecular flexibility index (Phi) is 8.34. The van der Waals surface area contributed by atoms with E-state index in [-0.39, 0.29) is 29.5 Å². The number of nitrogens with two attached hydrogens (primary N) is 1. The minimum Gasteiger partial charge on any atom is -0.465 e. The van der Waals surface area contributed by atoms with Gasteiger partial charge in [-0.2, -0.15) is 0 Å². The second-order valence-electron chi connectivity index (χ2n) is 10.4. The van der Waals surface area contributed by atoms with Crippen LogP contribution in [-0.2, 0) is 31.5 Å². The number of anilines is 1. The normalized spacial score (nSPS) is 24.3. The number of aliphatic hydroxyl groups excluding tert-OH is 1. The lowest BCUT2D eigenvalue weighted by Gasteiger charge is -2.39. The van der Waals surface area contributed by atoms with Crippen molar-refractivity contribution in [3.8, 4) is 0 Å². The zero-order chi connectivity index (χ0) is 27.6. The molecule has 2 saturated heterocycles. The molecule has 0 saturated carbocycles. The molecule has 4 rings (SSSR count). The highest BCUT2D eigenvalue weighted by atomic mass is 32.2. The molecule has 3 atom stereocenters. The average Bonchev–Trinajstić information content (AvgIpc) is 3.44. The maximum atomic E-state index is 12.9. The summed E-state index contributed by atoms with van der Waals surface area (Å²) in [5, 5.41) is 26.0. The van der Waals surface area contributed by atoms with E-state index in [4.69, 9.17) is 15.2 Å². The van der Waals surface area contributed by atoms with Gasteiger partial charge in [-0.1, -0.05) is 31.2 Å². The van der Waals surface area contributed by atoms with E-state index in [1.807, 2.05) is 24.3 Å². The summed E-state index contributed by atoms with van der Waals surface area (Å²) in [4.78, 5) is 12.0. The van der Waals surface area contributed by atoms with Crippen molar-refractivity contribution in [1.29, 1.82) is 0 Å². The van der Waals surface area contributed by atoms with Crippen LogP contribution in [0.15, 0.2) is 53.4 Å². The first-order valence-corrected chi connectivity index (χ1v) is 14.5. The van der Waals surface area contributed by atoms with Gasteiger partial charge in [0.05, 0.1) is 30.0 Å². The molecule has 0 aliphatic carbocycles. The summed E-state index contributed by atoms with van der Waals surface area (Å²) < 4.78 is 37.9. The number of amides is 1. The number of carboxylic acid groups (broad SMARTS) is 1. The Hall–Kier alpha value is -2.70. The van der Waals surface area contributed by atoms with E-state index in [0.29, 0.717) is 18.9 Å². The van der Waals surface area contributed by atoms with Gasteiger partial charge in [0.2, 0.25) is 0 Å². The number of nitrogen functional groups attached to an aromatic ring is 1. The fourth-order valence-electron chi connectivity index (χ4n) is 5.43. The number of rotatable bonds is 11. The van der Waals surface area contributed by atoms with Crippen molar-refractivity contribution in [2.45, 2.75) is 55.6 Å². The second kappa shape index (κ2) is 11.2. The highest BCUT2D eigenvalue weighted by Crippen LogP contribution is 2.48. The number of carbonyl (C=O) groups is 1. The van der Waals surface area contributed by atoms with Gasteiger partial charge in [-0.05, 0) is 55.5 Å². The first-order valence-electron chi connectivity index (χ1n) is 12.9. The molecule has 10 nitrogen and oxygen atoms in total. The molecule has 1 unspecified atom stereocenters. The lowest BCUT2D eigenvalue weighted by molar-refractivity contribution is -0.204. The molecule has 2 fully saturated rings. The topological polar surface area (TPSA) is 160 Å². The average molecular weight is 548 g/mol. The third-order valence-corrected chi connectivity index (χ3v) is 9.47. The molecule has 2 aliphatic rings. The smallest absolute Gasteiger partial charge is 0.406 e. The van der Waals surface area contributed by atoms with Crippen LogP contribution in [0.25, 0.3) is 0 Å². The third-order valence-electron chi connectivity index (χ3n) is 7.47. The van der Waals surface area contributed by atoms with Crippen molar-refractivity contribution >= 4 is 21.6 Å². The number of ether oxygens (including phenoxy) is 2. The van der Waals surface area contributed by atoms with Crippen LogP contribution in [0.3, 0.4) is 0 Å². The van der Waals surface area contributed by atoms with Crippen molar-refractivity contribution < 1.29 is 32.9 Å². The quantitative estimate of drug-likeness (QED) is 0.210. The van der Waals surface area contributed by atoms with E-state index < -0.39 is 39.4 Å². The Morgan fingerprint density at radius 2 is 1.82 bits per heavy atom. The summed E-state index contributed by atoms with van der Waals surface area (Å²) >= 11 is 0. The predicted molar refractivity (Wildman–Crippen MR) is 142 cm³/mol. The van der Waals surface area contributed by atoms with E-state index in [2.05, 4.69) is 10.6 Å². The summed E-state index contributed by atoms with van der Waals surface area (Å²) in [6, 6.07) is 13.6. The zero-order valence-corrected chi connectivity index (χ0v) is 22.5. The molecule has 11 heteroatoms. The van der Waals surface area contributed by atoms with Gasteiger partial charge in [0.1, 0.15) is 5.66 Å². The van der Waals surface area contributed by atoms with Crippen LogP contribution in [0, 0.1) is 11.8 Å². The zero-order valence-electron chi connectivity index (χ0n) is 21.7. The van der Waals surface area contributed by atoms with E-state index >= 15 is 0 Å². The van der Waals surface area contributed by atoms with Gasteiger partial charge >= 0.3 is 6.09 Å². The van der Waals surface area contributed by atoms with Gasteiger partial charge in [0, 0.05) is 30.1 Å². The number of benzene rings is 2. The van der Waals surface area contributed by atoms with E-state index in [1.54, 1.807) is 6.92 Å². The van der Waals surface area contributed by atoms with Gasteiger partial charge in [-0.25, -0.2) is 13.2 Å². The monoisotopic (exact) mass is 547 g/mol. The van der Waals surface area contributed by atoms with Crippen LogP contribution in [-0.4, -0.2) is 62.0 Å². The lowest BCUT2D eigenvalue weighted by Crippen LogP contribution is -2.67. The summed E-state index contributed by atoms with van der Waals surface area (Å²) in [7, 11) is -3.59. The number of hydrogen-bond donors (Lipinski definition) is 5. The molecule has 2 aliphatic heterocycles. The molecular formula is C27H37N3O7S. The summed E-state index contributed by atoms with van der Waals surface area (Å²) in [6.07, 6.45) is -0.501. The second-order valence-corrected chi connectivity index (χ2v) is 12.5. The molecule has 208 valence electrons. The van der Waals surface area contributed by atoms with Crippen LogP contribution < -0.4 is 16.4 Å². The fraction of sp³-hybridized carbons (Fsp3) is 0.519. The number of sulfone groups is 1. The molecule has 0 aromatic heterocycles. The molecule has 1 amide bonds. The lowest BCUT2D eigenvalue weighted by atomic mass is 9.88. The van der Waals surface area contributed by atoms with Gasteiger partial charge < -0.3 is 30.7 Å². The summed E-state index contributed by atoms with van der Waals surface area (Å²) in [6.45, 7) is 4.62. The van der Waals surface area contributed by atoms with Gasteiger partial charge in [0.15, 0.2) is 15.6 Å². The van der Waals surface area contributed by atoms with E-state index in [9.17, 15) is 23.4 Å². The Labute approximate surface area is 223 Å². The number of nitrogens with one attached hydrogen (secondary N) is 2. The van der Waals surface area contributed by atoms with Crippen molar-refractivity contribution in [3.63, 3.8) is 0 Å². The number of aliphatic hydroxyl groups is 1. The molecule has 6 N–H and O–H groups in total. The Morgan fingerprint density at radius 1 is 1.16 bits per heavy atom. The van der Waals surface area contributed by atoms with Crippen molar-refractivity contribution in [2.24, 2.45) is 11.8 Å². The van der Waals surface area contributed by atoms with Crippen molar-refractivity contribution in [1.82, 2.24) is 10.6 Å². The maximum Gasteiger partial charge on any atom is 0.406 e. The van der Waals surface area contributed by atoms with Crippen LogP contribution >= 0.6 is 0 Å². The van der Waals surface area contributed by atoms with Crippen LogP contribution in [0.2, 0.25) is 0 Å². The summed E-state index contributed by atoms with van der Waals surface area (Å²) in [5.41, 5.74) is 6.31. The molecule has 0 bridgehead atoms. The SMILES string of the molecule is CC(CN[C@@](Cc1cccc(C23OCCC2CCO3)c1)(NC(=O)O)[C@@H](C)O)CS(=O)(=O)c1ccc(N)cc1. The number of hydrogen-bond acceptors (Lipinski definition) is 8. The fourth-order valence-corrected chi connectivity index (χ4v) is 7.04. The molecule has 2 aromatic carbocycles. The molecular weight excluding hydrogens is 510 g/mol. The largest absolute Gasteiger partial charge is 0.465 e. The first kappa shape index (κ1) is 28.3. The highest BCUT2D eigenvalue weighted by Gasteiger charge is 2.51. The van der Waals surface area contributed by atoms with Gasteiger partial charge in [-0.3, -0.25) is 5.32 Å². The molecule has 38 heavy (non-hydrogen) atoms. The first-order chi connectivity index (χ1) is 18.0. The third kappa shape index (κ3) is 5.97. The van der Waals surface area contributed by atoms with E-state index in [0.717, 1.165) is 24.0 Å². The molecule has 2 heterocycles.